The Labute approximate surface area is 158 Å². The van der Waals surface area contributed by atoms with Crippen LogP contribution in [0.1, 0.15) is 46.5 Å². The Balaban J connectivity index is 1.47. The summed E-state index contributed by atoms with van der Waals surface area (Å²) in [5.74, 6) is 1.16. The largest absolute Gasteiger partial charge is 0.451 e. The number of imidazole rings is 1. The van der Waals surface area contributed by atoms with Gasteiger partial charge in [0.1, 0.15) is 17.5 Å². The normalized spacial score (nSPS) is 16.8. The highest BCUT2D eigenvalue weighted by Gasteiger charge is 2.32. The van der Waals surface area contributed by atoms with Crippen molar-refractivity contribution in [3.05, 3.63) is 53.3 Å². The van der Waals surface area contributed by atoms with Crippen molar-refractivity contribution < 1.29 is 14.3 Å². The van der Waals surface area contributed by atoms with Gasteiger partial charge in [-0.2, -0.15) is 0 Å². The molecule has 6 heteroatoms. The van der Waals surface area contributed by atoms with Gasteiger partial charge in [0, 0.05) is 43.5 Å². The van der Waals surface area contributed by atoms with Gasteiger partial charge in [0.05, 0.1) is 0 Å². The summed E-state index contributed by atoms with van der Waals surface area (Å²) in [7, 11) is 1.89. The predicted molar refractivity (Wildman–Crippen MR) is 102 cm³/mol. The van der Waals surface area contributed by atoms with Gasteiger partial charge >= 0.3 is 0 Å². The number of carbonyl (C=O) groups excluding carboxylic acids is 1. The van der Waals surface area contributed by atoms with Crippen LogP contribution in [0.3, 0.4) is 0 Å². The lowest BCUT2D eigenvalue weighted by Crippen LogP contribution is -2.40. The fraction of sp³-hybridized carbons (Fsp3) is 0.429. The molecule has 0 radical (unpaired) electrons. The summed E-state index contributed by atoms with van der Waals surface area (Å²) >= 11 is 0. The van der Waals surface area contributed by atoms with Crippen molar-refractivity contribution in [3.63, 3.8) is 0 Å². The minimum Gasteiger partial charge on any atom is -0.451 e. The molecule has 3 heterocycles. The molecule has 0 aliphatic carbocycles. The first kappa shape index (κ1) is 17.8. The summed E-state index contributed by atoms with van der Waals surface area (Å²) in [4.78, 5) is 19.1. The second-order valence-corrected chi connectivity index (χ2v) is 7.53. The van der Waals surface area contributed by atoms with Gasteiger partial charge in [-0.15, -0.1) is 0 Å². The van der Waals surface area contributed by atoms with Crippen molar-refractivity contribution in [2.75, 3.05) is 13.1 Å². The van der Waals surface area contributed by atoms with E-state index in [1.807, 2.05) is 54.8 Å². The maximum Gasteiger partial charge on any atom is 0.289 e. The van der Waals surface area contributed by atoms with Crippen LogP contribution in [0.25, 0.3) is 11.0 Å². The number of hydrogen-bond donors (Lipinski definition) is 1. The first-order valence-corrected chi connectivity index (χ1v) is 9.40. The summed E-state index contributed by atoms with van der Waals surface area (Å²) < 4.78 is 7.74. The number of nitrogens with zero attached hydrogens (tertiary/aromatic N) is 3. The maximum absolute atomic E-state index is 13.0. The number of benzene rings is 1. The number of aliphatic hydroxyl groups is 1. The lowest BCUT2D eigenvalue weighted by Gasteiger charge is -2.33. The van der Waals surface area contributed by atoms with Crippen molar-refractivity contribution in [2.24, 2.45) is 13.0 Å². The molecule has 142 valence electrons. The molecule has 1 aliphatic rings. The van der Waals surface area contributed by atoms with Gasteiger partial charge in [-0.1, -0.05) is 12.1 Å². The van der Waals surface area contributed by atoms with Crippen molar-refractivity contribution >= 4 is 16.9 Å². The van der Waals surface area contributed by atoms with E-state index in [9.17, 15) is 9.90 Å². The maximum atomic E-state index is 13.0. The van der Waals surface area contributed by atoms with E-state index >= 15 is 0 Å². The molecule has 1 atom stereocenters. The first-order valence-electron chi connectivity index (χ1n) is 9.40. The lowest BCUT2D eigenvalue weighted by molar-refractivity contribution is 0.0403. The van der Waals surface area contributed by atoms with Crippen molar-refractivity contribution in [3.8, 4) is 0 Å². The molecule has 4 rings (SSSR count). The molecule has 0 saturated carbocycles. The number of carbonyl (C=O) groups is 1. The number of furan rings is 1. The molecule has 1 aliphatic heterocycles. The number of likely N-dealkylation sites (tertiary alicyclic amines) is 1. The zero-order chi connectivity index (χ0) is 19.1. The number of hydrogen-bond acceptors (Lipinski definition) is 4. The highest BCUT2D eigenvalue weighted by molar-refractivity contribution is 5.99. The summed E-state index contributed by atoms with van der Waals surface area (Å²) in [6.07, 6.45) is 4.43. The Morgan fingerprint density at radius 3 is 2.70 bits per heavy atom. The Morgan fingerprint density at radius 2 is 2.04 bits per heavy atom. The van der Waals surface area contributed by atoms with E-state index in [4.69, 9.17) is 4.42 Å². The van der Waals surface area contributed by atoms with Gasteiger partial charge in [-0.25, -0.2) is 4.98 Å². The van der Waals surface area contributed by atoms with Crippen LogP contribution in [0, 0.1) is 19.8 Å². The number of aryl methyl sites for hydroxylation is 3. The summed E-state index contributed by atoms with van der Waals surface area (Å²) in [5, 5.41) is 11.6. The van der Waals surface area contributed by atoms with Gasteiger partial charge in [-0.05, 0) is 44.2 Å². The summed E-state index contributed by atoms with van der Waals surface area (Å²) in [6.45, 7) is 5.17. The van der Waals surface area contributed by atoms with Gasteiger partial charge in [0.15, 0.2) is 5.76 Å². The standard InChI is InChI=1S/C21H25N3O3/c1-13-4-5-16-14(2)19(27-17(16)12-13)21(26)24-9-6-15(7-10-24)18(25)20-22-8-11-23(20)3/h4-5,8,11-12,15,18,25H,6-7,9-10H2,1-3H3/t18-/m1/s1. The third kappa shape index (κ3) is 3.14. The van der Waals surface area contributed by atoms with Crippen LogP contribution < -0.4 is 0 Å². The summed E-state index contributed by atoms with van der Waals surface area (Å²) in [6, 6.07) is 6.01. The fourth-order valence-corrected chi connectivity index (χ4v) is 3.97. The quantitative estimate of drug-likeness (QED) is 0.770. The monoisotopic (exact) mass is 367 g/mol. The third-order valence-electron chi connectivity index (χ3n) is 5.68. The van der Waals surface area contributed by atoms with Crippen molar-refractivity contribution in [2.45, 2.75) is 32.8 Å². The highest BCUT2D eigenvalue weighted by Crippen LogP contribution is 2.32. The van der Waals surface area contributed by atoms with Crippen LogP contribution in [-0.2, 0) is 7.05 Å². The highest BCUT2D eigenvalue weighted by atomic mass is 16.3. The Morgan fingerprint density at radius 1 is 1.30 bits per heavy atom. The van der Waals surface area contributed by atoms with Crippen LogP contribution in [-0.4, -0.2) is 38.6 Å². The van der Waals surface area contributed by atoms with Crippen LogP contribution in [0.4, 0.5) is 0 Å². The van der Waals surface area contributed by atoms with E-state index in [1.54, 1.807) is 6.20 Å². The molecular formula is C21H25N3O3. The molecule has 6 nitrogen and oxygen atoms in total. The number of aliphatic hydroxyl groups excluding tert-OH is 1. The molecule has 1 saturated heterocycles. The number of amides is 1. The van der Waals surface area contributed by atoms with E-state index in [0.717, 1.165) is 34.9 Å². The molecule has 3 aromatic rings. The van der Waals surface area contributed by atoms with Crippen LogP contribution in [0.15, 0.2) is 35.0 Å². The zero-order valence-corrected chi connectivity index (χ0v) is 16.0. The van der Waals surface area contributed by atoms with Crippen molar-refractivity contribution in [1.29, 1.82) is 0 Å². The van der Waals surface area contributed by atoms with E-state index < -0.39 is 6.10 Å². The smallest absolute Gasteiger partial charge is 0.289 e. The molecule has 1 N–H and O–H groups in total. The molecular weight excluding hydrogens is 342 g/mol. The molecule has 2 aromatic heterocycles. The van der Waals surface area contributed by atoms with E-state index in [2.05, 4.69) is 4.98 Å². The SMILES string of the molecule is Cc1ccc2c(C)c(C(=O)N3CCC([C@@H](O)c4nccn4C)CC3)oc2c1. The average molecular weight is 367 g/mol. The molecule has 0 bridgehead atoms. The second-order valence-electron chi connectivity index (χ2n) is 7.53. The van der Waals surface area contributed by atoms with E-state index in [-0.39, 0.29) is 11.8 Å². The number of piperidine rings is 1. The van der Waals surface area contributed by atoms with Crippen LogP contribution in [0.2, 0.25) is 0 Å². The lowest BCUT2D eigenvalue weighted by atomic mass is 9.90. The minimum absolute atomic E-state index is 0.0636. The molecule has 1 fully saturated rings. The van der Waals surface area contributed by atoms with E-state index in [0.29, 0.717) is 24.7 Å². The average Bonchev–Trinajstić information content (AvgIpc) is 3.24. The molecule has 0 unspecified atom stereocenters. The fourth-order valence-electron chi connectivity index (χ4n) is 3.97. The molecule has 1 amide bonds. The zero-order valence-electron chi connectivity index (χ0n) is 16.0. The van der Waals surface area contributed by atoms with Crippen LogP contribution in [0.5, 0.6) is 0 Å². The number of aromatic nitrogens is 2. The minimum atomic E-state index is -0.599. The van der Waals surface area contributed by atoms with Gasteiger partial charge in [0.25, 0.3) is 5.91 Å². The molecule has 0 spiro atoms. The third-order valence-corrected chi connectivity index (χ3v) is 5.68. The topological polar surface area (TPSA) is 71.5 Å². The second kappa shape index (κ2) is 6.85. The van der Waals surface area contributed by atoms with Gasteiger partial charge < -0.3 is 19.0 Å². The van der Waals surface area contributed by atoms with Gasteiger partial charge in [-0.3, -0.25) is 4.79 Å². The number of rotatable bonds is 3. The van der Waals surface area contributed by atoms with Crippen molar-refractivity contribution in [1.82, 2.24) is 14.5 Å². The number of fused-ring (bicyclic) bond motifs is 1. The molecule has 1 aromatic carbocycles. The Kier molecular flexibility index (Phi) is 4.52. The molecule has 27 heavy (non-hydrogen) atoms. The Bertz CT molecular complexity index is 980. The summed E-state index contributed by atoms with van der Waals surface area (Å²) in [5.41, 5.74) is 2.76. The predicted octanol–water partition coefficient (Wildman–Crippen LogP) is 3.37. The van der Waals surface area contributed by atoms with Gasteiger partial charge in [0.2, 0.25) is 0 Å². The first-order chi connectivity index (χ1) is 13.0. The van der Waals surface area contributed by atoms with E-state index in [1.165, 1.54) is 0 Å². The Hall–Kier alpha value is -2.60. The van der Waals surface area contributed by atoms with Crippen LogP contribution >= 0.6 is 0 Å².